The Hall–Kier alpha value is -2.08. The maximum absolute atomic E-state index is 13.5. The van der Waals surface area contributed by atoms with E-state index in [1.54, 1.807) is 16.7 Å². The molecule has 0 spiro atoms. The topological polar surface area (TPSA) is 59.3 Å². The van der Waals surface area contributed by atoms with Crippen LogP contribution in [0.4, 0.5) is 4.39 Å². The predicted molar refractivity (Wildman–Crippen MR) is 77.7 cm³/mol. The fraction of sp³-hybridized carbons (Fsp3) is 0.400. The van der Waals surface area contributed by atoms with Crippen molar-refractivity contribution in [3.8, 4) is 0 Å². The minimum absolute atomic E-state index is 0.280. The van der Waals surface area contributed by atoms with E-state index in [0.717, 1.165) is 31.6 Å². The molecular weight excluding hydrogens is 271 g/mol. The molecule has 0 aromatic carbocycles. The van der Waals surface area contributed by atoms with Gasteiger partial charge in [-0.05, 0) is 44.2 Å². The fourth-order valence-corrected chi connectivity index (χ4v) is 3.14. The second-order valence-electron chi connectivity index (χ2n) is 5.55. The summed E-state index contributed by atoms with van der Waals surface area (Å²) in [6.07, 6.45) is 5.37. The van der Waals surface area contributed by atoms with Crippen molar-refractivity contribution in [3.63, 3.8) is 0 Å². The quantitative estimate of drug-likeness (QED) is 0.825. The summed E-state index contributed by atoms with van der Waals surface area (Å²) in [6, 6.07) is 1.57. The first-order valence-electron chi connectivity index (χ1n) is 7.21. The summed E-state index contributed by atoms with van der Waals surface area (Å²) in [5.41, 5.74) is 1.76. The Morgan fingerprint density at radius 2 is 2.14 bits per heavy atom. The minimum atomic E-state index is -1.15. The van der Waals surface area contributed by atoms with Crippen LogP contribution in [0.15, 0.2) is 16.9 Å². The van der Waals surface area contributed by atoms with E-state index in [0.29, 0.717) is 16.6 Å². The Morgan fingerprint density at radius 1 is 1.33 bits per heavy atom. The van der Waals surface area contributed by atoms with Crippen molar-refractivity contribution in [1.29, 1.82) is 0 Å². The molecule has 2 aliphatic rings. The lowest BCUT2D eigenvalue weighted by Crippen LogP contribution is -2.29. The lowest BCUT2D eigenvalue weighted by atomic mass is 9.94. The highest BCUT2D eigenvalue weighted by Gasteiger charge is 2.21. The van der Waals surface area contributed by atoms with Crippen molar-refractivity contribution < 1.29 is 4.39 Å². The smallest absolute Gasteiger partial charge is 0.273 e. The number of fused-ring (bicyclic) bond motifs is 3. The molecule has 0 radical (unpaired) electrons. The number of piperidine rings is 1. The summed E-state index contributed by atoms with van der Waals surface area (Å²) >= 11 is 0. The Balaban J connectivity index is 1.98. The molecule has 1 atom stereocenters. The van der Waals surface area contributed by atoms with Crippen molar-refractivity contribution in [3.05, 3.63) is 39.1 Å². The number of hydrogen-bond donors (Lipinski definition) is 1. The number of alkyl halides is 1. The van der Waals surface area contributed by atoms with E-state index in [9.17, 15) is 9.18 Å². The van der Waals surface area contributed by atoms with Gasteiger partial charge in [-0.15, -0.1) is 0 Å². The van der Waals surface area contributed by atoms with Crippen LogP contribution in [0, 0.1) is 0 Å². The van der Waals surface area contributed by atoms with Gasteiger partial charge in [0.05, 0.1) is 11.4 Å². The molecular formula is C15H15FN4O. The first-order chi connectivity index (χ1) is 10.2. The molecule has 0 saturated carbocycles. The zero-order chi connectivity index (χ0) is 14.4. The maximum atomic E-state index is 13.5. The summed E-state index contributed by atoms with van der Waals surface area (Å²) in [4.78, 5) is 16.0. The van der Waals surface area contributed by atoms with Gasteiger partial charge in [0.2, 0.25) is 0 Å². The number of allylic oxidation sites excluding steroid dienone is 1. The van der Waals surface area contributed by atoms with Crippen LogP contribution in [-0.2, 0) is 0 Å². The van der Waals surface area contributed by atoms with Gasteiger partial charge >= 0.3 is 0 Å². The molecule has 3 heterocycles. The van der Waals surface area contributed by atoms with E-state index in [2.05, 4.69) is 15.4 Å². The minimum Gasteiger partial charge on any atom is -0.317 e. The molecule has 5 nitrogen and oxygen atoms in total. The Kier molecular flexibility index (Phi) is 2.85. The normalized spacial score (nSPS) is 22.2. The van der Waals surface area contributed by atoms with Crippen LogP contribution < -0.4 is 16.1 Å². The molecule has 1 unspecified atom stereocenters. The molecule has 2 aromatic rings. The summed E-state index contributed by atoms with van der Waals surface area (Å²) in [5, 5.41) is 8.45. The average molecular weight is 286 g/mol. The molecule has 21 heavy (non-hydrogen) atoms. The third kappa shape index (κ3) is 2.06. The van der Waals surface area contributed by atoms with E-state index in [1.165, 1.54) is 12.2 Å². The van der Waals surface area contributed by atoms with E-state index in [-0.39, 0.29) is 11.5 Å². The van der Waals surface area contributed by atoms with Crippen molar-refractivity contribution in [2.24, 2.45) is 0 Å². The zero-order valence-corrected chi connectivity index (χ0v) is 11.4. The molecule has 6 heteroatoms. The van der Waals surface area contributed by atoms with Gasteiger partial charge in [0.25, 0.3) is 5.56 Å². The van der Waals surface area contributed by atoms with Crippen molar-refractivity contribution in [2.75, 3.05) is 13.1 Å². The second-order valence-corrected chi connectivity index (χ2v) is 5.55. The molecule has 0 bridgehead atoms. The molecule has 1 N–H and O–H groups in total. The van der Waals surface area contributed by atoms with Gasteiger partial charge in [0.1, 0.15) is 6.17 Å². The molecule has 1 fully saturated rings. The van der Waals surface area contributed by atoms with E-state index < -0.39 is 6.17 Å². The second kappa shape index (κ2) is 4.73. The number of aromatic nitrogens is 3. The molecule has 108 valence electrons. The highest BCUT2D eigenvalue weighted by Crippen LogP contribution is 2.24. The lowest BCUT2D eigenvalue weighted by Gasteiger charge is -2.22. The number of nitrogens with one attached hydrogen (secondary N) is 1. The third-order valence-electron chi connectivity index (χ3n) is 4.18. The first-order valence-corrected chi connectivity index (χ1v) is 7.21. The molecule has 0 amide bonds. The van der Waals surface area contributed by atoms with Gasteiger partial charge in [-0.1, -0.05) is 0 Å². The Morgan fingerprint density at radius 3 is 2.95 bits per heavy atom. The highest BCUT2D eigenvalue weighted by molar-refractivity contribution is 5.64. The molecule has 1 aliphatic heterocycles. The standard InChI is InChI=1S/C15H15FN4O/c16-10-1-2-12-11(7-10)15-18-14(21)8-13(20(15)19-12)9-3-5-17-6-4-9/h1-2,7-10,17H,3-6H2. The first kappa shape index (κ1) is 12.6. The summed E-state index contributed by atoms with van der Waals surface area (Å²) in [6.45, 7) is 1.87. The van der Waals surface area contributed by atoms with Crippen LogP contribution in [0.1, 0.15) is 30.1 Å². The number of nitrogens with zero attached hydrogens (tertiary/aromatic N) is 3. The van der Waals surface area contributed by atoms with Crippen LogP contribution in [0.25, 0.3) is 17.8 Å². The SMILES string of the molecule is O=c1cc(C2CCNCC2)n2nc3c(c2n1)=CC(F)C=C3. The van der Waals surface area contributed by atoms with Gasteiger partial charge in [-0.2, -0.15) is 10.1 Å². The largest absolute Gasteiger partial charge is 0.317 e. The molecule has 1 aliphatic carbocycles. The highest BCUT2D eigenvalue weighted by atomic mass is 19.1. The predicted octanol–water partition coefficient (Wildman–Crippen LogP) is 0.421. The third-order valence-corrected chi connectivity index (χ3v) is 4.18. The van der Waals surface area contributed by atoms with Gasteiger partial charge < -0.3 is 5.32 Å². The van der Waals surface area contributed by atoms with Gasteiger partial charge in [-0.3, -0.25) is 4.79 Å². The van der Waals surface area contributed by atoms with Crippen LogP contribution in [0.5, 0.6) is 0 Å². The maximum Gasteiger partial charge on any atom is 0.273 e. The fourth-order valence-electron chi connectivity index (χ4n) is 3.14. The lowest BCUT2D eigenvalue weighted by molar-refractivity contribution is 0.446. The van der Waals surface area contributed by atoms with E-state index >= 15 is 0 Å². The molecule has 2 aromatic heterocycles. The van der Waals surface area contributed by atoms with Crippen LogP contribution in [0.3, 0.4) is 0 Å². The Labute approximate surface area is 120 Å². The average Bonchev–Trinajstić information content (AvgIpc) is 2.85. The summed E-state index contributed by atoms with van der Waals surface area (Å²) in [7, 11) is 0. The zero-order valence-electron chi connectivity index (χ0n) is 11.4. The van der Waals surface area contributed by atoms with Crippen molar-refractivity contribution in [1.82, 2.24) is 19.9 Å². The van der Waals surface area contributed by atoms with Gasteiger partial charge in [0.15, 0.2) is 5.65 Å². The van der Waals surface area contributed by atoms with Crippen molar-refractivity contribution in [2.45, 2.75) is 24.9 Å². The monoisotopic (exact) mass is 286 g/mol. The van der Waals surface area contributed by atoms with E-state index in [1.807, 2.05) is 0 Å². The van der Waals surface area contributed by atoms with Gasteiger partial charge in [-0.25, -0.2) is 8.91 Å². The van der Waals surface area contributed by atoms with E-state index in [4.69, 9.17) is 0 Å². The number of halogens is 1. The van der Waals surface area contributed by atoms with Crippen LogP contribution in [0.2, 0.25) is 0 Å². The summed E-state index contributed by atoms with van der Waals surface area (Å²) < 4.78 is 15.3. The van der Waals surface area contributed by atoms with Crippen molar-refractivity contribution >= 4 is 17.8 Å². The van der Waals surface area contributed by atoms with Crippen LogP contribution in [-0.4, -0.2) is 33.9 Å². The van der Waals surface area contributed by atoms with Gasteiger partial charge in [0, 0.05) is 17.2 Å². The number of hydrogen-bond acceptors (Lipinski definition) is 4. The Bertz CT molecular complexity index is 835. The van der Waals surface area contributed by atoms with Crippen LogP contribution >= 0.6 is 0 Å². The number of rotatable bonds is 1. The summed E-state index contributed by atoms with van der Waals surface area (Å²) in [5.74, 6) is 0.288. The molecule has 1 saturated heterocycles. The molecule has 4 rings (SSSR count).